The molecule has 1 aliphatic heterocycles. The van der Waals surface area contributed by atoms with Crippen molar-refractivity contribution in [1.82, 2.24) is 5.32 Å². The van der Waals surface area contributed by atoms with Gasteiger partial charge in [0.05, 0.1) is 13.2 Å². The Morgan fingerprint density at radius 2 is 1.87 bits per heavy atom. The largest absolute Gasteiger partial charge is 0.497 e. The lowest BCUT2D eigenvalue weighted by Gasteiger charge is -2.27. The zero-order valence-electron chi connectivity index (χ0n) is 17.7. The van der Waals surface area contributed by atoms with Gasteiger partial charge in [0.15, 0.2) is 0 Å². The Hall–Kier alpha value is -3.39. The van der Waals surface area contributed by atoms with Crippen LogP contribution in [-0.4, -0.2) is 45.0 Å². The highest BCUT2D eigenvalue weighted by molar-refractivity contribution is 6.39. The van der Waals surface area contributed by atoms with E-state index in [1.54, 1.807) is 30.2 Å². The maximum atomic E-state index is 12.3. The molecule has 2 N–H and O–H groups in total. The number of carbonyl (C=O) groups excluding carboxylic acids is 3. The molecule has 0 aromatic heterocycles. The fraction of sp³-hybridized carbons (Fsp3) is 0.348. The summed E-state index contributed by atoms with van der Waals surface area (Å²) in [7, 11) is 3.10. The van der Waals surface area contributed by atoms with Crippen molar-refractivity contribution >= 4 is 29.1 Å². The van der Waals surface area contributed by atoms with Crippen LogP contribution in [0.3, 0.4) is 0 Å². The normalized spacial score (nSPS) is 14.6. The molecule has 31 heavy (non-hydrogen) atoms. The van der Waals surface area contributed by atoms with E-state index in [1.165, 1.54) is 7.11 Å². The number of methoxy groups -OCH3 is 2. The Morgan fingerprint density at radius 1 is 1.06 bits per heavy atom. The third kappa shape index (κ3) is 5.82. The molecule has 3 rings (SSSR count). The van der Waals surface area contributed by atoms with Crippen molar-refractivity contribution in [2.75, 3.05) is 37.5 Å². The number of nitrogens with zero attached hydrogens (tertiary/aromatic N) is 1. The molecule has 2 aromatic carbocycles. The molecule has 1 heterocycles. The van der Waals surface area contributed by atoms with Gasteiger partial charge < -0.3 is 25.0 Å². The summed E-state index contributed by atoms with van der Waals surface area (Å²) < 4.78 is 10.6. The summed E-state index contributed by atoms with van der Waals surface area (Å²) in [6.45, 7) is 0.775. The fourth-order valence-corrected chi connectivity index (χ4v) is 3.46. The highest BCUT2D eigenvalue weighted by atomic mass is 16.5. The average molecular weight is 425 g/mol. The first-order valence-corrected chi connectivity index (χ1v) is 10.2. The van der Waals surface area contributed by atoms with Crippen molar-refractivity contribution in [2.45, 2.75) is 25.4 Å². The molecule has 0 saturated carbocycles. The number of rotatable bonds is 7. The van der Waals surface area contributed by atoms with Crippen LogP contribution < -0.4 is 20.3 Å². The van der Waals surface area contributed by atoms with E-state index >= 15 is 0 Å². The van der Waals surface area contributed by atoms with Crippen LogP contribution in [0.15, 0.2) is 48.5 Å². The topological polar surface area (TPSA) is 97.0 Å². The fourth-order valence-electron chi connectivity index (χ4n) is 3.46. The van der Waals surface area contributed by atoms with Crippen molar-refractivity contribution in [3.8, 4) is 5.75 Å². The molecule has 8 heteroatoms. The summed E-state index contributed by atoms with van der Waals surface area (Å²) in [5.41, 5.74) is 1.98. The lowest BCUT2D eigenvalue weighted by molar-refractivity contribution is -0.136. The lowest BCUT2D eigenvalue weighted by Crippen LogP contribution is -2.38. The van der Waals surface area contributed by atoms with Crippen molar-refractivity contribution in [1.29, 1.82) is 0 Å². The second-order valence-electron chi connectivity index (χ2n) is 7.22. The predicted octanol–water partition coefficient (Wildman–Crippen LogP) is 2.65. The monoisotopic (exact) mass is 425 g/mol. The molecular weight excluding hydrogens is 398 g/mol. The van der Waals surface area contributed by atoms with Gasteiger partial charge in [-0.2, -0.15) is 0 Å². The van der Waals surface area contributed by atoms with E-state index in [9.17, 15) is 14.4 Å². The van der Waals surface area contributed by atoms with Gasteiger partial charge in [0.2, 0.25) is 5.91 Å². The van der Waals surface area contributed by atoms with Gasteiger partial charge >= 0.3 is 11.8 Å². The Bertz CT molecular complexity index is 946. The maximum Gasteiger partial charge on any atom is 0.313 e. The first kappa shape index (κ1) is 22.3. The third-order valence-electron chi connectivity index (χ3n) is 5.14. The average Bonchev–Trinajstić information content (AvgIpc) is 2.80. The Kier molecular flexibility index (Phi) is 7.61. The van der Waals surface area contributed by atoms with Gasteiger partial charge in [-0.05, 0) is 48.7 Å². The van der Waals surface area contributed by atoms with Gasteiger partial charge in [-0.1, -0.05) is 18.2 Å². The summed E-state index contributed by atoms with van der Waals surface area (Å²) >= 11 is 0. The highest BCUT2D eigenvalue weighted by Crippen LogP contribution is 2.24. The minimum Gasteiger partial charge on any atom is -0.497 e. The van der Waals surface area contributed by atoms with Crippen molar-refractivity contribution in [2.24, 2.45) is 0 Å². The second kappa shape index (κ2) is 10.6. The minimum absolute atomic E-state index is 0.0654. The molecule has 3 amide bonds. The lowest BCUT2D eigenvalue weighted by atomic mass is 10.1. The first-order valence-electron chi connectivity index (χ1n) is 10.2. The number of carbonyl (C=O) groups is 3. The minimum atomic E-state index is -0.789. The molecule has 0 radical (unpaired) electrons. The van der Waals surface area contributed by atoms with Gasteiger partial charge in [-0.25, -0.2) is 0 Å². The number of anilines is 2. The van der Waals surface area contributed by atoms with E-state index in [4.69, 9.17) is 9.47 Å². The number of piperidine rings is 1. The number of hydrogen-bond donors (Lipinski definition) is 2. The van der Waals surface area contributed by atoms with E-state index < -0.39 is 17.9 Å². The quantitative estimate of drug-likeness (QED) is 0.665. The SMILES string of the molecule is COc1cccc(C(CNC(=O)C(=O)Nc2cccc(N3CCCCC3=O)c2)OC)c1. The third-order valence-corrected chi connectivity index (χ3v) is 5.14. The summed E-state index contributed by atoms with van der Waals surface area (Å²) in [4.78, 5) is 38.5. The molecule has 0 aliphatic carbocycles. The smallest absolute Gasteiger partial charge is 0.313 e. The van der Waals surface area contributed by atoms with Gasteiger partial charge in [-0.3, -0.25) is 14.4 Å². The van der Waals surface area contributed by atoms with Crippen LogP contribution in [0.2, 0.25) is 0 Å². The first-order chi connectivity index (χ1) is 15.0. The number of benzene rings is 2. The van der Waals surface area contributed by atoms with Gasteiger partial charge in [-0.15, -0.1) is 0 Å². The summed E-state index contributed by atoms with van der Waals surface area (Å²) in [5.74, 6) is -0.821. The Labute approximate surface area is 181 Å². The molecule has 1 unspecified atom stereocenters. The van der Waals surface area contributed by atoms with E-state index in [-0.39, 0.29) is 12.5 Å². The molecule has 0 bridgehead atoms. The summed E-state index contributed by atoms with van der Waals surface area (Å²) in [6.07, 6.45) is 1.93. The van der Waals surface area contributed by atoms with Crippen LogP contribution in [0.4, 0.5) is 11.4 Å². The highest BCUT2D eigenvalue weighted by Gasteiger charge is 2.21. The Balaban J connectivity index is 1.58. The van der Waals surface area contributed by atoms with Gasteiger partial charge in [0.25, 0.3) is 0 Å². The van der Waals surface area contributed by atoms with Crippen molar-refractivity contribution in [3.63, 3.8) is 0 Å². The number of amides is 3. The molecule has 2 aromatic rings. The van der Waals surface area contributed by atoms with Crippen LogP contribution in [-0.2, 0) is 19.1 Å². The Morgan fingerprint density at radius 3 is 2.61 bits per heavy atom. The van der Waals surface area contributed by atoms with Crippen molar-refractivity contribution in [3.05, 3.63) is 54.1 Å². The van der Waals surface area contributed by atoms with Crippen molar-refractivity contribution < 1.29 is 23.9 Å². The molecule has 1 atom stereocenters. The van der Waals surface area contributed by atoms with Crippen LogP contribution in [0.5, 0.6) is 5.75 Å². The van der Waals surface area contributed by atoms with E-state index in [2.05, 4.69) is 10.6 Å². The van der Waals surface area contributed by atoms with Crippen LogP contribution in [0.25, 0.3) is 0 Å². The zero-order valence-corrected chi connectivity index (χ0v) is 17.7. The van der Waals surface area contributed by atoms with Gasteiger partial charge in [0, 0.05) is 38.0 Å². The molecule has 164 valence electrons. The summed E-state index contributed by atoms with van der Waals surface area (Å²) in [6, 6.07) is 14.2. The summed E-state index contributed by atoms with van der Waals surface area (Å²) in [5, 5.41) is 5.18. The van der Waals surface area contributed by atoms with Crippen LogP contribution in [0.1, 0.15) is 30.9 Å². The predicted molar refractivity (Wildman–Crippen MR) is 117 cm³/mol. The zero-order chi connectivity index (χ0) is 22.2. The molecule has 1 aliphatic rings. The number of ether oxygens (including phenoxy) is 2. The number of hydrogen-bond acceptors (Lipinski definition) is 5. The van der Waals surface area contributed by atoms with E-state index in [0.717, 1.165) is 18.4 Å². The molecule has 0 spiro atoms. The maximum absolute atomic E-state index is 12.3. The molecule has 8 nitrogen and oxygen atoms in total. The standard InChI is InChI=1S/C23H27N3O5/c1-30-19-10-5-7-16(13-19)20(31-2)15-24-22(28)23(29)25-17-8-6-9-18(14-17)26-12-4-3-11-21(26)27/h5-10,13-14,20H,3-4,11-12,15H2,1-2H3,(H,24,28)(H,25,29). The van der Waals surface area contributed by atoms with E-state index in [1.807, 2.05) is 30.3 Å². The molecule has 1 saturated heterocycles. The van der Waals surface area contributed by atoms with Crippen LogP contribution >= 0.6 is 0 Å². The second-order valence-corrected chi connectivity index (χ2v) is 7.22. The molecular formula is C23H27N3O5. The van der Waals surface area contributed by atoms with Crippen LogP contribution in [0, 0.1) is 0 Å². The number of nitrogens with one attached hydrogen (secondary N) is 2. The van der Waals surface area contributed by atoms with E-state index in [0.29, 0.717) is 30.1 Å². The van der Waals surface area contributed by atoms with Gasteiger partial charge in [0.1, 0.15) is 5.75 Å². The molecule has 1 fully saturated rings.